The standard InChI is InChI=1S/C25H31F3N6O/c26-25(27,28)19-10-20(14-30-13-19)31-24(35)23-21-9-17(4-5-22(21)32-33-23)18-8-16(11-29-12-18)15-34-6-2-1-3-7-34/h8,10-14,17,21-23,32-33H,1-7,9,15H2,(H,31,35). The molecule has 4 unspecified atom stereocenters. The molecular formula is C25H31F3N6O. The van der Waals surface area contributed by atoms with Crippen molar-refractivity contribution in [1.29, 1.82) is 0 Å². The summed E-state index contributed by atoms with van der Waals surface area (Å²) in [5.74, 6) is -0.0423. The van der Waals surface area contributed by atoms with E-state index in [9.17, 15) is 18.0 Å². The van der Waals surface area contributed by atoms with Crippen LogP contribution in [0.2, 0.25) is 0 Å². The van der Waals surface area contributed by atoms with Gasteiger partial charge in [-0.15, -0.1) is 0 Å². The summed E-state index contributed by atoms with van der Waals surface area (Å²) in [5.41, 5.74) is 7.87. The molecule has 1 aliphatic carbocycles. The summed E-state index contributed by atoms with van der Waals surface area (Å²) in [6.07, 6.45) is 7.86. The topological polar surface area (TPSA) is 82.2 Å². The molecule has 5 rings (SSSR count). The van der Waals surface area contributed by atoms with Gasteiger partial charge in [-0.05, 0) is 68.3 Å². The van der Waals surface area contributed by atoms with Gasteiger partial charge in [0.05, 0.1) is 17.4 Å². The number of halogens is 3. The highest BCUT2D eigenvalue weighted by Gasteiger charge is 2.44. The number of rotatable bonds is 5. The van der Waals surface area contributed by atoms with E-state index in [0.717, 1.165) is 51.2 Å². The van der Waals surface area contributed by atoms with Crippen molar-refractivity contribution < 1.29 is 18.0 Å². The van der Waals surface area contributed by atoms with E-state index in [-0.39, 0.29) is 29.5 Å². The lowest BCUT2D eigenvalue weighted by molar-refractivity contribution is -0.137. The van der Waals surface area contributed by atoms with Gasteiger partial charge in [-0.3, -0.25) is 25.1 Å². The number of hydrazine groups is 1. The maximum Gasteiger partial charge on any atom is 0.417 e. The number of likely N-dealkylation sites (tertiary alicyclic amines) is 1. The first-order valence-corrected chi connectivity index (χ1v) is 12.4. The van der Waals surface area contributed by atoms with Gasteiger partial charge in [-0.25, -0.2) is 5.43 Å². The quantitative estimate of drug-likeness (QED) is 0.593. The molecule has 4 atom stereocenters. The number of hydrogen-bond donors (Lipinski definition) is 3. The van der Waals surface area contributed by atoms with Crippen LogP contribution in [0.4, 0.5) is 18.9 Å². The Morgan fingerprint density at radius 2 is 1.83 bits per heavy atom. The predicted octanol–water partition coefficient (Wildman–Crippen LogP) is 3.85. The normalized spacial score (nSPS) is 27.4. The van der Waals surface area contributed by atoms with Crippen LogP contribution < -0.4 is 16.2 Å². The highest BCUT2D eigenvalue weighted by molar-refractivity contribution is 5.95. The second-order valence-electron chi connectivity index (χ2n) is 9.96. The van der Waals surface area contributed by atoms with Gasteiger partial charge < -0.3 is 5.32 Å². The molecule has 1 amide bonds. The molecule has 2 aromatic rings. The molecule has 2 aromatic heterocycles. The Labute approximate surface area is 202 Å². The molecule has 3 fully saturated rings. The van der Waals surface area contributed by atoms with E-state index in [1.165, 1.54) is 36.6 Å². The Kier molecular flexibility index (Phi) is 7.04. The van der Waals surface area contributed by atoms with Gasteiger partial charge in [0, 0.05) is 37.1 Å². The summed E-state index contributed by atoms with van der Waals surface area (Å²) in [7, 11) is 0. The molecule has 10 heteroatoms. The van der Waals surface area contributed by atoms with Crippen LogP contribution in [0.1, 0.15) is 61.1 Å². The van der Waals surface area contributed by atoms with E-state index in [0.29, 0.717) is 0 Å². The maximum atomic E-state index is 13.0. The summed E-state index contributed by atoms with van der Waals surface area (Å²) < 4.78 is 39.0. The second kappa shape index (κ2) is 10.2. The average molecular weight is 489 g/mol. The number of amides is 1. The number of nitrogens with zero attached hydrogens (tertiary/aromatic N) is 3. The molecule has 2 saturated heterocycles. The first-order chi connectivity index (χ1) is 16.9. The zero-order valence-electron chi connectivity index (χ0n) is 19.5. The number of anilines is 1. The van der Waals surface area contributed by atoms with Gasteiger partial charge >= 0.3 is 6.18 Å². The SMILES string of the molecule is O=C(Nc1cncc(C(F)(F)F)c1)C1NNC2CCC(c3cncc(CN4CCCCC4)c3)CC21. The van der Waals surface area contributed by atoms with Crippen LogP contribution in [0.5, 0.6) is 0 Å². The predicted molar refractivity (Wildman–Crippen MR) is 125 cm³/mol. The van der Waals surface area contributed by atoms with Crippen molar-refractivity contribution in [2.24, 2.45) is 5.92 Å². The van der Waals surface area contributed by atoms with Crippen LogP contribution in [0, 0.1) is 5.92 Å². The van der Waals surface area contributed by atoms with Crippen molar-refractivity contribution >= 4 is 11.6 Å². The van der Waals surface area contributed by atoms with E-state index in [4.69, 9.17) is 0 Å². The maximum absolute atomic E-state index is 13.0. The second-order valence-corrected chi connectivity index (χ2v) is 9.96. The molecule has 7 nitrogen and oxygen atoms in total. The third kappa shape index (κ3) is 5.65. The van der Waals surface area contributed by atoms with Crippen molar-refractivity contribution in [2.45, 2.75) is 69.2 Å². The first kappa shape index (κ1) is 24.1. The summed E-state index contributed by atoms with van der Waals surface area (Å²) >= 11 is 0. The average Bonchev–Trinajstić information content (AvgIpc) is 3.28. The molecule has 0 spiro atoms. The fourth-order valence-electron chi connectivity index (χ4n) is 5.70. The van der Waals surface area contributed by atoms with Crippen molar-refractivity contribution in [3.05, 3.63) is 53.6 Å². The minimum atomic E-state index is -4.51. The number of aromatic nitrogens is 2. The Balaban J connectivity index is 1.25. The fourth-order valence-corrected chi connectivity index (χ4v) is 5.70. The lowest BCUT2D eigenvalue weighted by Crippen LogP contribution is -2.42. The number of alkyl halides is 3. The number of nitrogens with one attached hydrogen (secondary N) is 3. The number of piperidine rings is 1. The van der Waals surface area contributed by atoms with Crippen LogP contribution in [0.3, 0.4) is 0 Å². The smallest absolute Gasteiger partial charge is 0.323 e. The zero-order valence-corrected chi connectivity index (χ0v) is 19.5. The Morgan fingerprint density at radius 1 is 1.03 bits per heavy atom. The van der Waals surface area contributed by atoms with E-state index in [2.05, 4.69) is 37.1 Å². The molecule has 4 heterocycles. The van der Waals surface area contributed by atoms with Gasteiger partial charge in [0.15, 0.2) is 0 Å². The van der Waals surface area contributed by atoms with E-state index < -0.39 is 17.8 Å². The molecule has 1 saturated carbocycles. The molecule has 3 N–H and O–H groups in total. The molecule has 2 aliphatic heterocycles. The minimum absolute atomic E-state index is 0.0262. The first-order valence-electron chi connectivity index (χ1n) is 12.4. The van der Waals surface area contributed by atoms with Crippen molar-refractivity contribution in [3.8, 4) is 0 Å². The lowest BCUT2D eigenvalue weighted by Gasteiger charge is -2.33. The van der Waals surface area contributed by atoms with Crippen LogP contribution in [-0.2, 0) is 17.5 Å². The fraction of sp³-hybridized carbons (Fsp3) is 0.560. The minimum Gasteiger partial charge on any atom is -0.323 e. The Bertz CT molecular complexity index is 1040. The third-order valence-electron chi connectivity index (χ3n) is 7.51. The largest absolute Gasteiger partial charge is 0.417 e. The van der Waals surface area contributed by atoms with Crippen molar-refractivity contribution in [1.82, 2.24) is 25.7 Å². The molecule has 35 heavy (non-hydrogen) atoms. The van der Waals surface area contributed by atoms with Crippen LogP contribution >= 0.6 is 0 Å². The van der Waals surface area contributed by atoms with Crippen LogP contribution in [-0.4, -0.2) is 45.9 Å². The molecular weight excluding hydrogens is 457 g/mol. The molecule has 0 aromatic carbocycles. The zero-order chi connectivity index (χ0) is 24.4. The Hall–Kier alpha value is -2.56. The van der Waals surface area contributed by atoms with Gasteiger partial charge in [-0.2, -0.15) is 13.2 Å². The summed E-state index contributed by atoms with van der Waals surface area (Å²) in [6.45, 7) is 3.18. The van der Waals surface area contributed by atoms with Crippen molar-refractivity contribution in [3.63, 3.8) is 0 Å². The van der Waals surface area contributed by atoms with E-state index in [1.54, 1.807) is 0 Å². The van der Waals surface area contributed by atoms with E-state index >= 15 is 0 Å². The molecule has 188 valence electrons. The van der Waals surface area contributed by atoms with Crippen LogP contribution in [0.15, 0.2) is 36.9 Å². The van der Waals surface area contributed by atoms with E-state index in [1.807, 2.05) is 12.4 Å². The number of pyridine rings is 2. The lowest BCUT2D eigenvalue weighted by atomic mass is 9.73. The number of hydrogen-bond acceptors (Lipinski definition) is 6. The molecule has 0 radical (unpaired) electrons. The van der Waals surface area contributed by atoms with Gasteiger partial charge in [0.1, 0.15) is 6.04 Å². The number of fused-ring (bicyclic) bond motifs is 1. The molecule has 0 bridgehead atoms. The highest BCUT2D eigenvalue weighted by atomic mass is 19.4. The summed E-state index contributed by atoms with van der Waals surface area (Å²) in [5, 5.41) is 2.62. The number of carbonyl (C=O) groups is 1. The van der Waals surface area contributed by atoms with Gasteiger partial charge in [0.25, 0.3) is 0 Å². The summed E-state index contributed by atoms with van der Waals surface area (Å²) in [4.78, 5) is 23.6. The van der Waals surface area contributed by atoms with Crippen molar-refractivity contribution in [2.75, 3.05) is 18.4 Å². The molecule has 3 aliphatic rings. The Morgan fingerprint density at radius 3 is 2.63 bits per heavy atom. The van der Waals surface area contributed by atoms with Gasteiger partial charge in [-0.1, -0.05) is 12.5 Å². The van der Waals surface area contributed by atoms with Gasteiger partial charge in [0.2, 0.25) is 5.91 Å². The number of carbonyl (C=O) groups excluding carboxylic acids is 1. The third-order valence-corrected chi connectivity index (χ3v) is 7.51. The highest BCUT2D eigenvalue weighted by Crippen LogP contribution is 2.40. The van der Waals surface area contributed by atoms with Crippen LogP contribution in [0.25, 0.3) is 0 Å². The summed E-state index contributed by atoms with van der Waals surface area (Å²) in [6, 6.07) is 2.77. The monoisotopic (exact) mass is 488 g/mol.